The molecule has 2 unspecified atom stereocenters. The molecule has 1 aromatic rings. The van der Waals surface area contributed by atoms with Crippen LogP contribution < -0.4 is 5.32 Å². The van der Waals surface area contributed by atoms with Crippen LogP contribution in [0.2, 0.25) is 0 Å². The Labute approximate surface area is 112 Å². The topological polar surface area (TPSA) is 35.8 Å². The predicted molar refractivity (Wildman–Crippen MR) is 70.7 cm³/mol. The highest BCUT2D eigenvalue weighted by atomic mass is 19.1. The van der Waals surface area contributed by atoms with Crippen LogP contribution in [0.4, 0.5) is 14.5 Å². The second-order valence-electron chi connectivity index (χ2n) is 5.38. The van der Waals surface area contributed by atoms with Crippen LogP contribution >= 0.6 is 0 Å². The standard InChI is InChI=1S/C15H18F2N2/c1-10-3-2-4-12(6-5-10)19-15-13(16)7-11(9-18)8-14(15)17/h7-8,10,12,19H,2-6H2,1H3. The fourth-order valence-electron chi connectivity index (χ4n) is 2.61. The molecule has 0 aromatic heterocycles. The summed E-state index contributed by atoms with van der Waals surface area (Å²) in [6.07, 6.45) is 5.20. The summed E-state index contributed by atoms with van der Waals surface area (Å²) < 4.78 is 27.6. The van der Waals surface area contributed by atoms with Gasteiger partial charge in [0.15, 0.2) is 11.6 Å². The van der Waals surface area contributed by atoms with Crippen molar-refractivity contribution in [3.8, 4) is 6.07 Å². The van der Waals surface area contributed by atoms with Crippen molar-refractivity contribution in [3.05, 3.63) is 29.3 Å². The lowest BCUT2D eigenvalue weighted by Crippen LogP contribution is -2.20. The largest absolute Gasteiger partial charge is 0.378 e. The van der Waals surface area contributed by atoms with E-state index in [4.69, 9.17) is 5.26 Å². The quantitative estimate of drug-likeness (QED) is 0.812. The molecule has 0 bridgehead atoms. The van der Waals surface area contributed by atoms with E-state index in [1.54, 1.807) is 6.07 Å². The van der Waals surface area contributed by atoms with Crippen molar-refractivity contribution in [1.29, 1.82) is 5.26 Å². The maximum absolute atomic E-state index is 13.8. The fourth-order valence-corrected chi connectivity index (χ4v) is 2.61. The molecule has 1 saturated carbocycles. The molecule has 1 aliphatic rings. The molecular formula is C15H18F2N2. The molecule has 1 N–H and O–H groups in total. The van der Waals surface area contributed by atoms with Crippen molar-refractivity contribution >= 4 is 5.69 Å². The van der Waals surface area contributed by atoms with E-state index < -0.39 is 11.6 Å². The number of hydrogen-bond donors (Lipinski definition) is 1. The van der Waals surface area contributed by atoms with Crippen LogP contribution in [0.3, 0.4) is 0 Å². The Morgan fingerprint density at radius 2 is 1.84 bits per heavy atom. The van der Waals surface area contributed by atoms with Gasteiger partial charge in [-0.2, -0.15) is 5.26 Å². The van der Waals surface area contributed by atoms with Gasteiger partial charge < -0.3 is 5.32 Å². The van der Waals surface area contributed by atoms with Crippen molar-refractivity contribution in [2.45, 2.75) is 45.1 Å². The van der Waals surface area contributed by atoms with Gasteiger partial charge in [0.1, 0.15) is 5.69 Å². The summed E-state index contributed by atoms with van der Waals surface area (Å²) in [6, 6.07) is 4.01. The van der Waals surface area contributed by atoms with Crippen molar-refractivity contribution < 1.29 is 8.78 Å². The van der Waals surface area contributed by atoms with E-state index in [2.05, 4.69) is 12.2 Å². The molecule has 19 heavy (non-hydrogen) atoms. The maximum Gasteiger partial charge on any atom is 0.150 e. The van der Waals surface area contributed by atoms with Crippen LogP contribution in [0, 0.1) is 28.9 Å². The first-order valence-corrected chi connectivity index (χ1v) is 6.76. The molecule has 0 heterocycles. The van der Waals surface area contributed by atoms with Gasteiger partial charge in [-0.05, 0) is 37.3 Å². The van der Waals surface area contributed by atoms with Gasteiger partial charge in [-0.1, -0.05) is 19.8 Å². The molecule has 1 fully saturated rings. The SMILES string of the molecule is CC1CCCC(Nc2c(F)cc(C#N)cc2F)CC1. The van der Waals surface area contributed by atoms with Gasteiger partial charge >= 0.3 is 0 Å². The van der Waals surface area contributed by atoms with Crippen LogP contribution in [0.25, 0.3) is 0 Å². The molecule has 4 heteroatoms. The molecule has 2 atom stereocenters. The highest BCUT2D eigenvalue weighted by Gasteiger charge is 2.19. The van der Waals surface area contributed by atoms with E-state index in [9.17, 15) is 8.78 Å². The van der Waals surface area contributed by atoms with Crippen LogP contribution in [0.1, 0.15) is 44.6 Å². The van der Waals surface area contributed by atoms with Gasteiger partial charge in [-0.25, -0.2) is 8.78 Å². The van der Waals surface area contributed by atoms with E-state index in [0.717, 1.165) is 37.8 Å². The van der Waals surface area contributed by atoms with Crippen LogP contribution in [0.15, 0.2) is 12.1 Å². The number of nitrogens with one attached hydrogen (secondary N) is 1. The highest BCUT2D eigenvalue weighted by Crippen LogP contribution is 2.27. The Morgan fingerprint density at radius 3 is 2.47 bits per heavy atom. The third-order valence-corrected chi connectivity index (χ3v) is 3.78. The molecule has 1 aromatic carbocycles. The molecule has 102 valence electrons. The average Bonchev–Trinajstić information content (AvgIpc) is 2.58. The lowest BCUT2D eigenvalue weighted by atomic mass is 10.0. The normalized spacial score (nSPS) is 23.5. The number of hydrogen-bond acceptors (Lipinski definition) is 2. The maximum atomic E-state index is 13.8. The van der Waals surface area contributed by atoms with Crippen LogP contribution in [0.5, 0.6) is 0 Å². The van der Waals surface area contributed by atoms with Crippen molar-refractivity contribution in [2.75, 3.05) is 5.32 Å². The number of halogens is 2. The van der Waals surface area contributed by atoms with Crippen molar-refractivity contribution in [1.82, 2.24) is 0 Å². The van der Waals surface area contributed by atoms with Gasteiger partial charge in [-0.3, -0.25) is 0 Å². The lowest BCUT2D eigenvalue weighted by molar-refractivity contribution is 0.501. The molecule has 0 amide bonds. The Balaban J connectivity index is 2.13. The number of rotatable bonds is 2. The van der Waals surface area contributed by atoms with Gasteiger partial charge in [0, 0.05) is 6.04 Å². The first kappa shape index (κ1) is 13.8. The Morgan fingerprint density at radius 1 is 1.16 bits per heavy atom. The van der Waals surface area contributed by atoms with Gasteiger partial charge in [0.05, 0.1) is 11.6 Å². The van der Waals surface area contributed by atoms with Crippen LogP contribution in [-0.4, -0.2) is 6.04 Å². The average molecular weight is 264 g/mol. The minimum Gasteiger partial charge on any atom is -0.378 e. The monoisotopic (exact) mass is 264 g/mol. The third-order valence-electron chi connectivity index (χ3n) is 3.78. The van der Waals surface area contributed by atoms with Crippen LogP contribution in [-0.2, 0) is 0 Å². The second-order valence-corrected chi connectivity index (χ2v) is 5.38. The zero-order valence-electron chi connectivity index (χ0n) is 11.0. The number of anilines is 1. The Bertz CT molecular complexity index is 470. The van der Waals surface area contributed by atoms with Gasteiger partial charge in [0.25, 0.3) is 0 Å². The highest BCUT2D eigenvalue weighted by molar-refractivity contribution is 5.51. The minimum absolute atomic E-state index is 0.00930. The zero-order chi connectivity index (χ0) is 13.8. The molecular weight excluding hydrogens is 246 g/mol. The summed E-state index contributed by atoms with van der Waals surface area (Å²) in [5.74, 6) is -0.690. The predicted octanol–water partition coefficient (Wildman–Crippen LogP) is 4.22. The van der Waals surface area contributed by atoms with E-state index in [0.29, 0.717) is 5.92 Å². The molecule has 0 radical (unpaired) electrons. The third kappa shape index (κ3) is 3.44. The molecule has 2 nitrogen and oxygen atoms in total. The number of nitrogens with zero attached hydrogens (tertiary/aromatic N) is 1. The molecule has 2 rings (SSSR count). The van der Waals surface area contributed by atoms with E-state index >= 15 is 0 Å². The molecule has 0 aliphatic heterocycles. The van der Waals surface area contributed by atoms with E-state index in [-0.39, 0.29) is 17.3 Å². The van der Waals surface area contributed by atoms with E-state index in [1.165, 1.54) is 6.42 Å². The Hall–Kier alpha value is -1.63. The number of benzene rings is 1. The fraction of sp³-hybridized carbons (Fsp3) is 0.533. The summed E-state index contributed by atoms with van der Waals surface area (Å²) in [5, 5.41) is 11.6. The second kappa shape index (κ2) is 6.01. The van der Waals surface area contributed by atoms with E-state index in [1.807, 2.05) is 0 Å². The molecule has 0 saturated heterocycles. The Kier molecular flexibility index (Phi) is 4.36. The summed E-state index contributed by atoms with van der Waals surface area (Å²) in [6.45, 7) is 2.21. The zero-order valence-corrected chi connectivity index (χ0v) is 11.0. The van der Waals surface area contributed by atoms with Crippen molar-refractivity contribution in [2.24, 2.45) is 5.92 Å². The van der Waals surface area contributed by atoms with Gasteiger partial charge in [0.2, 0.25) is 0 Å². The summed E-state index contributed by atoms with van der Waals surface area (Å²) in [5.41, 5.74) is -0.0893. The summed E-state index contributed by atoms with van der Waals surface area (Å²) in [7, 11) is 0. The first-order chi connectivity index (χ1) is 9.10. The number of nitriles is 1. The molecule has 1 aliphatic carbocycles. The smallest absolute Gasteiger partial charge is 0.150 e. The van der Waals surface area contributed by atoms with Crippen molar-refractivity contribution in [3.63, 3.8) is 0 Å². The minimum atomic E-state index is -0.686. The van der Waals surface area contributed by atoms with Gasteiger partial charge in [-0.15, -0.1) is 0 Å². The molecule has 0 spiro atoms. The summed E-state index contributed by atoms with van der Waals surface area (Å²) in [4.78, 5) is 0. The summed E-state index contributed by atoms with van der Waals surface area (Å²) >= 11 is 0. The first-order valence-electron chi connectivity index (χ1n) is 6.76. The lowest BCUT2D eigenvalue weighted by Gasteiger charge is -2.19.